The van der Waals surface area contributed by atoms with Crippen molar-refractivity contribution in [2.45, 2.75) is 33.2 Å². The number of rotatable bonds is 6. The topological polar surface area (TPSA) is 120 Å². The average Bonchev–Trinajstić information content (AvgIpc) is 2.68. The molecule has 1 heterocycles. The molecule has 27 heavy (non-hydrogen) atoms. The molecule has 2 aromatic rings. The van der Waals surface area contributed by atoms with E-state index in [4.69, 9.17) is 0 Å². The average molecular weight is 367 g/mol. The fourth-order valence-corrected chi connectivity index (χ4v) is 2.51. The third-order valence-corrected chi connectivity index (χ3v) is 4.13. The van der Waals surface area contributed by atoms with E-state index in [-0.39, 0.29) is 28.6 Å². The van der Waals surface area contributed by atoms with Crippen LogP contribution in [0.15, 0.2) is 39.3 Å². The van der Waals surface area contributed by atoms with Gasteiger partial charge in [0.05, 0.1) is 5.69 Å². The third kappa shape index (κ3) is 4.20. The van der Waals surface area contributed by atoms with Gasteiger partial charge in [-0.2, -0.15) is 10.4 Å². The van der Waals surface area contributed by atoms with Crippen LogP contribution in [0, 0.1) is 18.3 Å². The predicted molar refractivity (Wildman–Crippen MR) is 101 cm³/mol. The van der Waals surface area contributed by atoms with Gasteiger partial charge in [-0.05, 0) is 37.6 Å². The molecule has 8 nitrogen and oxygen atoms in total. The highest BCUT2D eigenvalue weighted by Crippen LogP contribution is 2.32. The molecule has 8 heteroatoms. The van der Waals surface area contributed by atoms with Gasteiger partial charge in [0.25, 0.3) is 11.5 Å². The Hall–Kier alpha value is -3.47. The number of hydrogen-bond donors (Lipinski definition) is 2. The van der Waals surface area contributed by atoms with Gasteiger partial charge in [-0.3, -0.25) is 14.2 Å². The van der Waals surface area contributed by atoms with Crippen molar-refractivity contribution in [1.29, 1.82) is 5.26 Å². The number of pyridine rings is 1. The molecule has 0 saturated carbocycles. The van der Waals surface area contributed by atoms with Crippen molar-refractivity contribution in [1.82, 2.24) is 9.88 Å². The van der Waals surface area contributed by atoms with Crippen LogP contribution in [0.3, 0.4) is 0 Å². The molecular formula is C19H21N5O3. The van der Waals surface area contributed by atoms with Crippen LogP contribution in [0.4, 0.5) is 11.4 Å². The highest BCUT2D eigenvalue weighted by Gasteiger charge is 2.18. The number of nitriles is 1. The smallest absolute Gasteiger partial charge is 0.271 e. The number of nitrogens with zero attached hydrogens (tertiary/aromatic N) is 4. The fourth-order valence-electron chi connectivity index (χ4n) is 2.51. The lowest BCUT2D eigenvalue weighted by molar-refractivity contribution is 0.0963. The Morgan fingerprint density at radius 1 is 1.30 bits per heavy atom. The van der Waals surface area contributed by atoms with Gasteiger partial charge in [0, 0.05) is 24.7 Å². The molecular weight excluding hydrogens is 346 g/mol. The highest BCUT2D eigenvalue weighted by molar-refractivity contribution is 5.94. The number of azo groups is 1. The maximum atomic E-state index is 12.4. The van der Waals surface area contributed by atoms with Gasteiger partial charge in [-0.25, -0.2) is 0 Å². The molecule has 1 amide bonds. The van der Waals surface area contributed by atoms with Crippen molar-refractivity contribution in [3.63, 3.8) is 0 Å². The lowest BCUT2D eigenvalue weighted by Crippen LogP contribution is -2.23. The minimum Gasteiger partial charge on any atom is -0.493 e. The van der Waals surface area contributed by atoms with E-state index in [1.54, 1.807) is 38.2 Å². The Balaban J connectivity index is 2.46. The maximum absolute atomic E-state index is 12.4. The van der Waals surface area contributed by atoms with Crippen molar-refractivity contribution in [3.8, 4) is 11.9 Å². The molecule has 0 spiro atoms. The second-order valence-electron chi connectivity index (χ2n) is 5.92. The first-order chi connectivity index (χ1) is 12.9. The Labute approximate surface area is 156 Å². The molecule has 0 bridgehead atoms. The van der Waals surface area contributed by atoms with Crippen LogP contribution < -0.4 is 10.9 Å². The summed E-state index contributed by atoms with van der Waals surface area (Å²) in [6.45, 7) is 3.80. The van der Waals surface area contributed by atoms with Crippen LogP contribution in [-0.4, -0.2) is 22.6 Å². The number of aromatic hydroxyl groups is 1. The van der Waals surface area contributed by atoms with Crippen LogP contribution in [0.25, 0.3) is 0 Å². The summed E-state index contributed by atoms with van der Waals surface area (Å²) in [7, 11) is 1.54. The lowest BCUT2D eigenvalue weighted by Gasteiger charge is -2.12. The summed E-state index contributed by atoms with van der Waals surface area (Å²) in [6, 6.07) is 8.30. The van der Waals surface area contributed by atoms with Crippen LogP contribution >= 0.6 is 0 Å². The zero-order valence-corrected chi connectivity index (χ0v) is 15.5. The molecule has 0 aliphatic heterocycles. The number of unbranched alkanes of at least 4 members (excludes halogenated alkanes) is 1. The van der Waals surface area contributed by atoms with Crippen molar-refractivity contribution in [2.75, 3.05) is 7.05 Å². The number of amides is 1. The number of carbonyl (C=O) groups excluding carboxylic acids is 1. The molecule has 0 unspecified atom stereocenters. The van der Waals surface area contributed by atoms with Crippen molar-refractivity contribution >= 4 is 17.3 Å². The summed E-state index contributed by atoms with van der Waals surface area (Å²) in [6.07, 6.45) is 1.51. The largest absolute Gasteiger partial charge is 0.493 e. The van der Waals surface area contributed by atoms with Gasteiger partial charge in [0.2, 0.25) is 5.88 Å². The normalized spacial score (nSPS) is 10.7. The van der Waals surface area contributed by atoms with E-state index in [9.17, 15) is 20.0 Å². The first-order valence-electron chi connectivity index (χ1n) is 8.54. The standard InChI is InChI=1S/C19H21N5O3/c1-4-5-10-24-18(26)15(11-20)12(2)16(19(24)27)23-22-14-8-6-13(7-9-14)17(25)21-3/h6-9,27H,4-5,10H2,1-3H3,(H,21,25)/b23-22+. The molecule has 1 aromatic heterocycles. The molecule has 0 fully saturated rings. The summed E-state index contributed by atoms with van der Waals surface area (Å²) in [5, 5.41) is 30.4. The van der Waals surface area contributed by atoms with E-state index < -0.39 is 5.56 Å². The second kappa shape index (κ2) is 8.76. The Kier molecular flexibility index (Phi) is 6.44. The van der Waals surface area contributed by atoms with Crippen molar-refractivity contribution < 1.29 is 9.90 Å². The second-order valence-corrected chi connectivity index (χ2v) is 5.92. The first kappa shape index (κ1) is 19.8. The van der Waals surface area contributed by atoms with Gasteiger partial charge in [0.15, 0.2) is 5.69 Å². The zero-order valence-electron chi connectivity index (χ0n) is 15.5. The molecule has 0 radical (unpaired) electrons. The van der Waals surface area contributed by atoms with E-state index in [0.29, 0.717) is 24.2 Å². The summed E-state index contributed by atoms with van der Waals surface area (Å²) in [4.78, 5) is 23.9. The number of carbonyl (C=O) groups is 1. The van der Waals surface area contributed by atoms with Crippen LogP contribution in [-0.2, 0) is 6.54 Å². The van der Waals surface area contributed by atoms with E-state index >= 15 is 0 Å². The predicted octanol–water partition coefficient (Wildman–Crippen LogP) is 3.31. The van der Waals surface area contributed by atoms with E-state index in [2.05, 4.69) is 15.5 Å². The van der Waals surface area contributed by atoms with Crippen LogP contribution in [0.2, 0.25) is 0 Å². The quantitative estimate of drug-likeness (QED) is 0.761. The molecule has 0 atom stereocenters. The van der Waals surface area contributed by atoms with Gasteiger partial charge in [-0.15, -0.1) is 5.11 Å². The molecule has 0 aliphatic rings. The summed E-state index contributed by atoms with van der Waals surface area (Å²) in [5.41, 5.74) is 0.709. The van der Waals surface area contributed by atoms with Gasteiger partial charge >= 0.3 is 0 Å². The third-order valence-electron chi connectivity index (χ3n) is 4.13. The number of hydrogen-bond acceptors (Lipinski definition) is 6. The van der Waals surface area contributed by atoms with Gasteiger partial charge < -0.3 is 10.4 Å². The lowest BCUT2D eigenvalue weighted by atomic mass is 10.1. The minimum atomic E-state index is -0.533. The van der Waals surface area contributed by atoms with E-state index in [0.717, 1.165) is 11.0 Å². The number of aromatic nitrogens is 1. The SMILES string of the molecule is CCCCn1c(O)c(/N=N/c2ccc(C(=O)NC)cc2)c(C)c(C#N)c1=O. The Morgan fingerprint density at radius 2 is 1.96 bits per heavy atom. The van der Waals surface area contributed by atoms with Crippen LogP contribution in [0.1, 0.15) is 41.3 Å². The number of nitrogens with one attached hydrogen (secondary N) is 1. The minimum absolute atomic E-state index is 0.0622. The van der Waals surface area contributed by atoms with E-state index in [1.807, 2.05) is 13.0 Å². The first-order valence-corrected chi connectivity index (χ1v) is 8.54. The zero-order chi connectivity index (χ0) is 20.0. The summed E-state index contributed by atoms with van der Waals surface area (Å²) < 4.78 is 1.15. The molecule has 140 valence electrons. The Morgan fingerprint density at radius 3 is 2.52 bits per heavy atom. The fraction of sp³-hybridized carbons (Fsp3) is 0.316. The number of benzene rings is 1. The van der Waals surface area contributed by atoms with Gasteiger partial charge in [0.1, 0.15) is 11.6 Å². The molecule has 2 N–H and O–H groups in total. The van der Waals surface area contributed by atoms with E-state index in [1.165, 1.54) is 0 Å². The van der Waals surface area contributed by atoms with Gasteiger partial charge in [-0.1, -0.05) is 13.3 Å². The molecule has 0 aliphatic carbocycles. The Bertz CT molecular complexity index is 969. The van der Waals surface area contributed by atoms with Crippen molar-refractivity contribution in [2.24, 2.45) is 10.2 Å². The maximum Gasteiger partial charge on any atom is 0.271 e. The highest BCUT2D eigenvalue weighted by atomic mass is 16.3. The molecule has 0 saturated heterocycles. The monoisotopic (exact) mass is 367 g/mol. The summed E-state index contributed by atoms with van der Waals surface area (Å²) >= 11 is 0. The molecule has 2 rings (SSSR count). The summed E-state index contributed by atoms with van der Waals surface area (Å²) in [5.74, 6) is -0.524. The molecule has 1 aromatic carbocycles. The van der Waals surface area contributed by atoms with Crippen molar-refractivity contribution in [3.05, 3.63) is 51.3 Å². The van der Waals surface area contributed by atoms with Crippen LogP contribution in [0.5, 0.6) is 5.88 Å².